The highest BCUT2D eigenvalue weighted by Gasteiger charge is 2.31. The number of anilines is 1. The summed E-state index contributed by atoms with van der Waals surface area (Å²) in [5.74, 6) is 0.612. The number of aromatic nitrogens is 1. The average molecular weight is 589 g/mol. The van der Waals surface area contributed by atoms with E-state index in [1.807, 2.05) is 6.07 Å². The number of rotatable bonds is 7. The average Bonchev–Trinajstić information content (AvgIpc) is 3.15. The molecule has 1 saturated carbocycles. The number of aromatic carboxylic acids is 1. The maximum Gasteiger partial charge on any atom is 0.335 e. The van der Waals surface area contributed by atoms with Gasteiger partial charge in [-0.25, -0.2) is 4.79 Å². The summed E-state index contributed by atoms with van der Waals surface area (Å²) in [6, 6.07) is 12.3. The van der Waals surface area contributed by atoms with Crippen LogP contribution in [0.15, 0.2) is 36.4 Å². The molecule has 0 spiro atoms. The Morgan fingerprint density at radius 2 is 1.75 bits per heavy atom. The van der Waals surface area contributed by atoms with Gasteiger partial charge in [0.15, 0.2) is 5.75 Å². The number of hydrogen-bond donors (Lipinski definition) is 1. The minimum absolute atomic E-state index is 0. The van der Waals surface area contributed by atoms with Gasteiger partial charge >= 0.3 is 5.97 Å². The Morgan fingerprint density at radius 1 is 1.00 bits per heavy atom. The predicted octanol–water partition coefficient (Wildman–Crippen LogP) is 7.60. The number of para-hydroxylation sites is 1. The Morgan fingerprint density at radius 3 is 2.48 bits per heavy atom. The van der Waals surface area contributed by atoms with Crippen LogP contribution in [0.4, 0.5) is 5.69 Å². The maximum absolute atomic E-state index is 11.9. The van der Waals surface area contributed by atoms with E-state index in [0.29, 0.717) is 18.1 Å². The summed E-state index contributed by atoms with van der Waals surface area (Å²) in [6.07, 6.45) is 10.2. The normalized spacial score (nSPS) is 17.5. The van der Waals surface area contributed by atoms with Crippen molar-refractivity contribution in [1.29, 1.82) is 0 Å². The fourth-order valence-electron chi connectivity index (χ4n) is 7.08. The molecule has 218 valence electrons. The number of likely N-dealkylation sites (tertiary alicyclic amines) is 1. The number of halogens is 2. The third-order valence-corrected chi connectivity index (χ3v) is 9.03. The van der Waals surface area contributed by atoms with Gasteiger partial charge in [0.05, 0.1) is 23.5 Å². The van der Waals surface area contributed by atoms with E-state index in [2.05, 4.69) is 45.6 Å². The number of benzene rings is 2. The molecule has 6 rings (SSSR count). The smallest absolute Gasteiger partial charge is 0.335 e. The third kappa shape index (κ3) is 5.81. The molecular formula is C32H43Cl2N3O3. The molecule has 6 nitrogen and oxygen atoms in total. The standard InChI is InChI=1S/C32H41N3O3.2ClH/c1-2-34(19-18-33-16-7-4-8-17-33)27-13-9-12-26-30-29(23-10-5-3-6-11-23)25-15-14-24(32(36)37)22-28(25)35(30)20-21-38-31(26)27;;/h9,12-15,22-23H,2-8,10-11,16-21H2,1H3,(H,36,37);2*1H. The van der Waals surface area contributed by atoms with Gasteiger partial charge in [0.2, 0.25) is 0 Å². The molecule has 0 unspecified atom stereocenters. The first kappa shape index (κ1) is 30.5. The number of carbonyl (C=O) groups is 1. The summed E-state index contributed by atoms with van der Waals surface area (Å²) >= 11 is 0. The molecular weight excluding hydrogens is 545 g/mol. The van der Waals surface area contributed by atoms with Crippen LogP contribution in [-0.4, -0.2) is 59.9 Å². The summed E-state index contributed by atoms with van der Waals surface area (Å²) in [7, 11) is 0. The second-order valence-corrected chi connectivity index (χ2v) is 11.3. The summed E-state index contributed by atoms with van der Waals surface area (Å²) < 4.78 is 8.92. The quantitative estimate of drug-likeness (QED) is 0.308. The van der Waals surface area contributed by atoms with Crippen molar-refractivity contribution in [2.75, 3.05) is 44.2 Å². The zero-order valence-electron chi connectivity index (χ0n) is 23.6. The molecule has 3 heterocycles. The van der Waals surface area contributed by atoms with Gasteiger partial charge in [-0.1, -0.05) is 37.8 Å². The van der Waals surface area contributed by atoms with Crippen LogP contribution >= 0.6 is 24.8 Å². The number of piperidine rings is 1. The first-order valence-corrected chi connectivity index (χ1v) is 14.8. The van der Waals surface area contributed by atoms with Crippen LogP contribution in [0.2, 0.25) is 0 Å². The van der Waals surface area contributed by atoms with Crippen molar-refractivity contribution in [3.8, 4) is 17.0 Å². The molecule has 3 aliphatic rings. The van der Waals surface area contributed by atoms with Crippen LogP contribution in [0.5, 0.6) is 5.75 Å². The Kier molecular flexibility index (Phi) is 10.3. The summed E-state index contributed by atoms with van der Waals surface area (Å²) in [6.45, 7) is 8.98. The lowest BCUT2D eigenvalue weighted by Gasteiger charge is -2.31. The molecule has 3 aromatic rings. The molecule has 0 bridgehead atoms. The zero-order valence-corrected chi connectivity index (χ0v) is 25.2. The molecule has 1 saturated heterocycles. The molecule has 1 aliphatic carbocycles. The monoisotopic (exact) mass is 587 g/mol. The van der Waals surface area contributed by atoms with E-state index >= 15 is 0 Å². The number of hydrogen-bond acceptors (Lipinski definition) is 4. The zero-order chi connectivity index (χ0) is 26.1. The summed E-state index contributed by atoms with van der Waals surface area (Å²) in [4.78, 5) is 17.0. The van der Waals surface area contributed by atoms with Crippen molar-refractivity contribution >= 4 is 47.4 Å². The Balaban J connectivity index is 0.00000185. The highest BCUT2D eigenvalue weighted by Crippen LogP contribution is 2.49. The third-order valence-electron chi connectivity index (χ3n) is 9.03. The lowest BCUT2D eigenvalue weighted by atomic mass is 9.81. The number of carboxylic acid groups (broad SMARTS) is 1. The van der Waals surface area contributed by atoms with Crippen molar-refractivity contribution < 1.29 is 14.6 Å². The van der Waals surface area contributed by atoms with Gasteiger partial charge in [-0.15, -0.1) is 24.8 Å². The van der Waals surface area contributed by atoms with Crippen LogP contribution in [0.1, 0.15) is 80.1 Å². The maximum atomic E-state index is 11.9. The minimum Gasteiger partial charge on any atom is -0.489 e. The van der Waals surface area contributed by atoms with Gasteiger partial charge in [0.25, 0.3) is 0 Å². The Bertz CT molecular complexity index is 1310. The van der Waals surface area contributed by atoms with Gasteiger partial charge in [0, 0.05) is 36.1 Å². The van der Waals surface area contributed by atoms with E-state index in [0.717, 1.165) is 43.0 Å². The van der Waals surface area contributed by atoms with E-state index in [1.54, 1.807) is 6.07 Å². The lowest BCUT2D eigenvalue weighted by Crippen LogP contribution is -2.38. The molecule has 0 atom stereocenters. The number of fused-ring (bicyclic) bond motifs is 5. The van der Waals surface area contributed by atoms with Crippen molar-refractivity contribution in [2.24, 2.45) is 0 Å². The fraction of sp³-hybridized carbons (Fsp3) is 0.531. The van der Waals surface area contributed by atoms with E-state index < -0.39 is 5.97 Å². The second-order valence-electron chi connectivity index (χ2n) is 11.3. The van der Waals surface area contributed by atoms with Gasteiger partial charge in [-0.3, -0.25) is 0 Å². The first-order valence-electron chi connectivity index (χ1n) is 14.8. The van der Waals surface area contributed by atoms with Crippen molar-refractivity contribution in [1.82, 2.24) is 9.47 Å². The largest absolute Gasteiger partial charge is 0.489 e. The molecule has 2 aliphatic heterocycles. The van der Waals surface area contributed by atoms with Crippen molar-refractivity contribution in [2.45, 2.75) is 70.8 Å². The fourth-order valence-corrected chi connectivity index (χ4v) is 7.08. The van der Waals surface area contributed by atoms with Gasteiger partial charge in [-0.2, -0.15) is 0 Å². The minimum atomic E-state index is -0.874. The summed E-state index contributed by atoms with van der Waals surface area (Å²) in [5, 5.41) is 11.0. The highest BCUT2D eigenvalue weighted by atomic mass is 35.5. The SMILES string of the molecule is CCN(CCN1CCCCC1)c1cccc2c1OCCn1c-2c(C2CCCCC2)c2ccc(C(=O)O)cc21.Cl.Cl. The molecule has 1 aromatic heterocycles. The Labute approximate surface area is 250 Å². The topological polar surface area (TPSA) is 57.9 Å². The number of likely N-dealkylation sites (N-methyl/N-ethyl adjacent to an activating group) is 1. The van der Waals surface area contributed by atoms with Crippen molar-refractivity contribution in [3.05, 3.63) is 47.5 Å². The van der Waals surface area contributed by atoms with Crippen LogP contribution in [-0.2, 0) is 6.54 Å². The molecule has 1 N–H and O–H groups in total. The highest BCUT2D eigenvalue weighted by molar-refractivity contribution is 5.99. The van der Waals surface area contributed by atoms with Crippen LogP contribution < -0.4 is 9.64 Å². The van der Waals surface area contributed by atoms with E-state index in [4.69, 9.17) is 4.74 Å². The number of ether oxygens (including phenoxy) is 1. The van der Waals surface area contributed by atoms with Crippen molar-refractivity contribution in [3.63, 3.8) is 0 Å². The van der Waals surface area contributed by atoms with Gasteiger partial charge < -0.3 is 24.2 Å². The second kappa shape index (κ2) is 13.5. The molecule has 2 aromatic carbocycles. The van der Waals surface area contributed by atoms with E-state index in [-0.39, 0.29) is 24.8 Å². The first-order chi connectivity index (χ1) is 18.7. The number of nitrogens with zero attached hydrogens (tertiary/aromatic N) is 3. The number of carboxylic acids is 1. The summed E-state index contributed by atoms with van der Waals surface area (Å²) in [5.41, 5.74) is 6.36. The lowest BCUT2D eigenvalue weighted by molar-refractivity contribution is 0.0697. The molecule has 40 heavy (non-hydrogen) atoms. The van der Waals surface area contributed by atoms with Crippen LogP contribution in [0, 0.1) is 0 Å². The van der Waals surface area contributed by atoms with Crippen LogP contribution in [0.25, 0.3) is 22.2 Å². The van der Waals surface area contributed by atoms with Gasteiger partial charge in [-0.05, 0) is 81.4 Å². The van der Waals surface area contributed by atoms with Gasteiger partial charge in [0.1, 0.15) is 6.61 Å². The molecule has 2 fully saturated rings. The predicted molar refractivity (Wildman–Crippen MR) is 168 cm³/mol. The van der Waals surface area contributed by atoms with E-state index in [9.17, 15) is 9.90 Å². The molecule has 0 amide bonds. The molecule has 8 heteroatoms. The van der Waals surface area contributed by atoms with Crippen LogP contribution in [0.3, 0.4) is 0 Å². The molecule has 0 radical (unpaired) electrons. The Hall–Kier alpha value is -2.41. The van der Waals surface area contributed by atoms with E-state index in [1.165, 1.54) is 86.8 Å².